The van der Waals surface area contributed by atoms with Crippen molar-refractivity contribution in [2.45, 2.75) is 209 Å². The van der Waals surface area contributed by atoms with E-state index < -0.39 is 80.8 Å². The van der Waals surface area contributed by atoms with E-state index >= 15 is 0 Å². The van der Waals surface area contributed by atoms with Gasteiger partial charge in [-0.3, -0.25) is 22.9 Å². The number of carbonyl (C=O) groups excluding carboxylic acids is 2. The topological polar surface area (TPSA) is 243 Å². The fourth-order valence-electron chi connectivity index (χ4n) is 11.3. The van der Waals surface area contributed by atoms with E-state index in [1.165, 1.54) is 58.3 Å². The number of carbonyl (C=O) groups is 2. The van der Waals surface area contributed by atoms with E-state index in [2.05, 4.69) is 27.8 Å². The van der Waals surface area contributed by atoms with Crippen LogP contribution < -0.4 is 10.6 Å². The third kappa shape index (κ3) is 15.2. The van der Waals surface area contributed by atoms with Gasteiger partial charge in [-0.25, -0.2) is 0 Å². The molecular formula is C43H76N4O12S2. The largest absolute Gasteiger partial charge is 0.392 e. The van der Waals surface area contributed by atoms with Crippen LogP contribution in [0, 0.1) is 29.6 Å². The molecule has 2 amide bonds. The van der Waals surface area contributed by atoms with Gasteiger partial charge in [0.1, 0.15) is 12.1 Å². The van der Waals surface area contributed by atoms with Crippen molar-refractivity contribution < 1.29 is 55.2 Å². The van der Waals surface area contributed by atoms with Gasteiger partial charge in [0.2, 0.25) is 11.8 Å². The van der Waals surface area contributed by atoms with Crippen LogP contribution in [0.25, 0.3) is 0 Å². The molecule has 0 aromatic rings. The van der Waals surface area contributed by atoms with Crippen molar-refractivity contribution in [1.82, 2.24) is 10.6 Å². The zero-order valence-corrected chi connectivity index (χ0v) is 38.2. The Hall–Kier alpha value is -1.64. The number of aliphatic hydroxyl groups is 2. The predicted molar refractivity (Wildman–Crippen MR) is 230 cm³/mol. The van der Waals surface area contributed by atoms with Crippen LogP contribution in [0.4, 0.5) is 0 Å². The Balaban J connectivity index is 1.05. The summed E-state index contributed by atoms with van der Waals surface area (Å²) in [5.74, 6) is -1.82. The monoisotopic (exact) mass is 904 g/mol. The highest BCUT2D eigenvalue weighted by Gasteiger charge is 2.54. The number of amides is 2. The van der Waals surface area contributed by atoms with Gasteiger partial charge >= 0.3 is 11.4 Å². The summed E-state index contributed by atoms with van der Waals surface area (Å²) in [5.41, 5.74) is 0. The molecule has 0 spiro atoms. The summed E-state index contributed by atoms with van der Waals surface area (Å²) in [4.78, 5) is 25.4. The van der Waals surface area contributed by atoms with Crippen molar-refractivity contribution in [2.24, 2.45) is 39.8 Å². The minimum absolute atomic E-state index is 0.000279. The Morgan fingerprint density at radius 2 is 1.41 bits per heavy atom. The molecule has 352 valence electrons. The van der Waals surface area contributed by atoms with Crippen LogP contribution in [-0.4, -0.2) is 117 Å². The Kier molecular flexibility index (Phi) is 20.8. The third-order valence-corrected chi connectivity index (χ3v) is 16.0. The lowest BCUT2D eigenvalue weighted by atomic mass is 9.64. The number of fused-ring (bicyclic) bond motifs is 2. The van der Waals surface area contributed by atoms with Gasteiger partial charge in [0, 0.05) is 25.4 Å². The molecule has 0 heterocycles. The van der Waals surface area contributed by atoms with Crippen molar-refractivity contribution in [3.05, 3.63) is 0 Å². The second-order valence-electron chi connectivity index (χ2n) is 18.7. The molecule has 0 saturated heterocycles. The lowest BCUT2D eigenvalue weighted by Crippen LogP contribution is -2.61. The van der Waals surface area contributed by atoms with Crippen molar-refractivity contribution in [2.75, 3.05) is 19.8 Å². The quantitative estimate of drug-likeness (QED) is 0.0308. The van der Waals surface area contributed by atoms with E-state index in [0.29, 0.717) is 39.0 Å². The summed E-state index contributed by atoms with van der Waals surface area (Å²) in [6.07, 6.45) is 16.7. The Morgan fingerprint density at radius 1 is 0.770 bits per heavy atom. The summed E-state index contributed by atoms with van der Waals surface area (Å²) in [7, 11) is -4.44. The molecule has 5 saturated carbocycles. The smallest absolute Gasteiger partial charge is 0.302 e. The van der Waals surface area contributed by atoms with Crippen LogP contribution >= 0.6 is 0 Å². The first kappa shape index (κ1) is 50.4. The standard InChI is InChI=1S/C43H76N4O12S2/c1-3-4-5-6-7-8-9-10-11-14-21-44-43(51)35-27-37(33-15-12-13-16-34(33)41(35)49)58-23-22-57-31-19-17-30(18-20-31)46-47-40-38(59-60(52)53)25-29-24-32(61(54,55)56)26-36(45-28(2)48)39(29)42(40)50/h29-42,49-50H,3-27H2,1-2H3,(H,44,51)(H,45,48)(H,52,53)(H,54,55,56). The summed E-state index contributed by atoms with van der Waals surface area (Å²) in [5, 5.41) is 36.6. The zero-order valence-electron chi connectivity index (χ0n) is 36.5. The van der Waals surface area contributed by atoms with Gasteiger partial charge in [0.05, 0.1) is 54.8 Å². The fraction of sp³-hybridized carbons (Fsp3) is 0.953. The van der Waals surface area contributed by atoms with E-state index in [4.69, 9.17) is 13.7 Å². The molecule has 13 unspecified atom stereocenters. The molecule has 0 aliphatic heterocycles. The van der Waals surface area contributed by atoms with Crippen molar-refractivity contribution in [3.8, 4) is 0 Å². The molecule has 5 aliphatic carbocycles. The summed E-state index contributed by atoms with van der Waals surface area (Å²) < 4.78 is 73.3. The molecule has 16 nitrogen and oxygen atoms in total. The molecule has 18 heteroatoms. The molecule has 61 heavy (non-hydrogen) atoms. The Morgan fingerprint density at radius 3 is 2.05 bits per heavy atom. The highest BCUT2D eigenvalue weighted by atomic mass is 32.2. The number of nitrogens with zero attached hydrogens (tertiary/aromatic N) is 2. The lowest BCUT2D eigenvalue weighted by Gasteiger charge is -2.49. The van der Waals surface area contributed by atoms with Gasteiger partial charge in [0.25, 0.3) is 10.1 Å². The molecule has 0 bridgehead atoms. The van der Waals surface area contributed by atoms with E-state index in [1.54, 1.807) is 0 Å². The average Bonchev–Trinajstić information content (AvgIpc) is 3.21. The third-order valence-electron chi connectivity index (χ3n) is 14.4. The predicted octanol–water partition coefficient (Wildman–Crippen LogP) is 5.82. The summed E-state index contributed by atoms with van der Waals surface area (Å²) >= 11 is -2.69. The van der Waals surface area contributed by atoms with Gasteiger partial charge in [-0.15, -0.1) is 0 Å². The number of rotatable bonds is 23. The normalized spacial score (nSPS) is 36.2. The van der Waals surface area contributed by atoms with Crippen LogP contribution in [0.5, 0.6) is 0 Å². The Bertz CT molecular complexity index is 1520. The van der Waals surface area contributed by atoms with Crippen LogP contribution in [0.2, 0.25) is 0 Å². The van der Waals surface area contributed by atoms with Gasteiger partial charge in [0.15, 0.2) is 0 Å². The van der Waals surface area contributed by atoms with Crippen LogP contribution in [0.15, 0.2) is 10.2 Å². The van der Waals surface area contributed by atoms with Crippen LogP contribution in [0.1, 0.15) is 155 Å². The maximum Gasteiger partial charge on any atom is 0.302 e. The molecular weight excluding hydrogens is 829 g/mol. The number of aliphatic hydroxyl groups excluding tert-OH is 2. The highest BCUT2D eigenvalue weighted by Crippen LogP contribution is 2.46. The first-order valence-electron chi connectivity index (χ1n) is 23.5. The SMILES string of the molecule is CCCCCCCCCCCCNC(=O)C1CC(OCCOC2CCC(N=NC3C(OS(=O)O)CC4CC(S(=O)(=O)O)CC(NC(C)=O)C4C3O)CC2)C2CCCCC2C1O. The number of azo groups is 1. The molecule has 13 atom stereocenters. The van der Waals surface area contributed by atoms with Crippen LogP contribution in [0.3, 0.4) is 0 Å². The number of hydrogen-bond acceptors (Lipinski definition) is 12. The molecule has 5 rings (SSSR count). The second-order valence-corrected chi connectivity index (χ2v) is 21.0. The van der Waals surface area contributed by atoms with E-state index in [1.807, 2.05) is 0 Å². The highest BCUT2D eigenvalue weighted by molar-refractivity contribution is 7.86. The number of ether oxygens (including phenoxy) is 2. The lowest BCUT2D eigenvalue weighted by molar-refractivity contribution is -0.152. The maximum atomic E-state index is 13.4. The van der Waals surface area contributed by atoms with E-state index in [-0.39, 0.29) is 55.3 Å². The number of hydrogen-bond donors (Lipinski definition) is 6. The van der Waals surface area contributed by atoms with Crippen molar-refractivity contribution in [1.29, 1.82) is 0 Å². The fourth-order valence-corrected chi connectivity index (χ4v) is 12.6. The molecule has 5 fully saturated rings. The number of nitrogens with one attached hydrogen (secondary N) is 2. The zero-order chi connectivity index (χ0) is 43.9. The summed E-state index contributed by atoms with van der Waals surface area (Å²) in [6, 6.07) is -1.97. The van der Waals surface area contributed by atoms with E-state index in [9.17, 15) is 41.5 Å². The minimum atomic E-state index is -4.44. The Labute approximate surface area is 366 Å². The first-order chi connectivity index (χ1) is 29.3. The summed E-state index contributed by atoms with van der Waals surface area (Å²) in [6.45, 7) is 4.98. The minimum Gasteiger partial charge on any atom is -0.392 e. The van der Waals surface area contributed by atoms with Crippen LogP contribution in [-0.2, 0) is 44.7 Å². The van der Waals surface area contributed by atoms with Crippen molar-refractivity contribution in [3.63, 3.8) is 0 Å². The van der Waals surface area contributed by atoms with Gasteiger partial charge in [-0.1, -0.05) is 77.6 Å². The molecule has 6 N–H and O–H groups in total. The first-order valence-corrected chi connectivity index (χ1v) is 26.1. The van der Waals surface area contributed by atoms with Gasteiger partial charge < -0.3 is 30.3 Å². The van der Waals surface area contributed by atoms with Crippen molar-refractivity contribution >= 4 is 33.3 Å². The number of unbranched alkanes of at least 4 members (excludes halogenated alkanes) is 9. The molecule has 0 radical (unpaired) electrons. The van der Waals surface area contributed by atoms with E-state index in [0.717, 1.165) is 51.4 Å². The second kappa shape index (κ2) is 25.2. The maximum absolute atomic E-state index is 13.4. The molecule has 5 aliphatic rings. The van der Waals surface area contributed by atoms with Gasteiger partial charge in [-0.2, -0.15) is 22.9 Å². The molecule has 0 aromatic carbocycles. The average molecular weight is 905 g/mol. The molecule has 0 aromatic heterocycles. The van der Waals surface area contributed by atoms with Gasteiger partial charge in [-0.05, 0) is 88.4 Å².